The first-order valence-electron chi connectivity index (χ1n) is 11.5. The largest absolute Gasteiger partial charge is 0.506 e. The van der Waals surface area contributed by atoms with Crippen LogP contribution in [0, 0.1) is 23.7 Å². The summed E-state index contributed by atoms with van der Waals surface area (Å²) in [6, 6.07) is 8.03. The SMILES string of the molecule is C#CCOc1cc(-n2nc(C(C)(C)C)oc2=O)c(Cl)cc1Cl.N#Cc1cc(Br)c(O)c(Br)c1.O=C(O)CNCP(=O)(O)O. The molecule has 1 aromatic heterocycles. The monoisotopic (exact) mass is 784 g/mol. The van der Waals surface area contributed by atoms with Gasteiger partial charge in [0.2, 0.25) is 5.89 Å². The van der Waals surface area contributed by atoms with Crippen molar-refractivity contribution in [2.75, 3.05) is 19.4 Å². The maximum atomic E-state index is 12.0. The number of hydrogen-bond acceptors (Lipinski definition) is 9. The van der Waals surface area contributed by atoms with Gasteiger partial charge in [-0.05, 0) is 50.1 Å². The van der Waals surface area contributed by atoms with Crippen LogP contribution in [-0.2, 0) is 14.8 Å². The van der Waals surface area contributed by atoms with E-state index in [2.05, 4.69) is 48.2 Å². The van der Waals surface area contributed by atoms with Gasteiger partial charge in [0, 0.05) is 11.5 Å². The number of terminal acetylenes is 1. The van der Waals surface area contributed by atoms with E-state index in [1.54, 1.807) is 12.1 Å². The predicted octanol–water partition coefficient (Wildman–Crippen LogP) is 5.03. The van der Waals surface area contributed by atoms with Gasteiger partial charge >= 0.3 is 19.3 Å². The highest BCUT2D eigenvalue weighted by molar-refractivity contribution is 9.11. The summed E-state index contributed by atoms with van der Waals surface area (Å²) in [5.41, 5.74) is 0.399. The number of nitrogens with zero attached hydrogens (tertiary/aromatic N) is 3. The molecule has 0 aliphatic rings. The summed E-state index contributed by atoms with van der Waals surface area (Å²) in [7, 11) is -4.10. The molecule has 18 heteroatoms. The smallest absolute Gasteiger partial charge is 0.442 e. The summed E-state index contributed by atoms with van der Waals surface area (Å²) in [5.74, 6) is 1.28. The zero-order valence-corrected chi connectivity index (χ0v) is 28.2. The Morgan fingerprint density at radius 1 is 1.21 bits per heavy atom. The van der Waals surface area contributed by atoms with Crippen molar-refractivity contribution in [3.05, 3.63) is 65.3 Å². The van der Waals surface area contributed by atoms with E-state index in [0.717, 1.165) is 4.68 Å². The number of phenolic OH excluding ortho intramolecular Hbond substituents is 1. The third kappa shape index (κ3) is 13.1. The van der Waals surface area contributed by atoms with Crippen molar-refractivity contribution in [3.63, 3.8) is 0 Å². The molecule has 0 saturated carbocycles. The first kappa shape index (κ1) is 38.2. The van der Waals surface area contributed by atoms with Crippen LogP contribution in [0.25, 0.3) is 5.69 Å². The maximum Gasteiger partial charge on any atom is 0.442 e. The summed E-state index contributed by atoms with van der Waals surface area (Å²) in [6.07, 6.45) is 4.56. The lowest BCUT2D eigenvalue weighted by molar-refractivity contribution is -0.135. The lowest BCUT2D eigenvalue weighted by Crippen LogP contribution is -2.23. The predicted molar refractivity (Wildman–Crippen MR) is 166 cm³/mol. The highest BCUT2D eigenvalue weighted by Crippen LogP contribution is 2.34. The number of nitriles is 1. The van der Waals surface area contributed by atoms with E-state index in [0.29, 0.717) is 31.8 Å². The molecule has 5 N–H and O–H groups in total. The average molecular weight is 787 g/mol. The van der Waals surface area contributed by atoms with Crippen molar-refractivity contribution in [2.24, 2.45) is 0 Å². The molecule has 232 valence electrons. The standard InChI is InChI=1S/C15H14Cl2N2O3.C7H3Br2NO.C3H8NO5P/c1-5-6-21-12-8-11(9(16)7-10(12)17)19-14(20)22-13(18-19)15(2,3)4;8-5-1-4(3-10)2-6(9)7(5)11;5-3(6)1-4-2-10(7,8)9/h1,7-8H,6H2,2-4H3;1-2,11H;4H,1-2H2,(H,5,6)(H2,7,8,9). The molecule has 3 rings (SSSR count). The Morgan fingerprint density at radius 3 is 2.23 bits per heavy atom. The van der Waals surface area contributed by atoms with Crippen LogP contribution in [0.2, 0.25) is 10.0 Å². The number of carboxylic acid groups (broad SMARTS) is 1. The van der Waals surface area contributed by atoms with Crippen molar-refractivity contribution in [1.29, 1.82) is 5.26 Å². The summed E-state index contributed by atoms with van der Waals surface area (Å²) in [5, 5.41) is 32.5. The van der Waals surface area contributed by atoms with Crippen LogP contribution >= 0.6 is 62.7 Å². The van der Waals surface area contributed by atoms with Crippen LogP contribution in [-0.4, -0.2) is 55.2 Å². The number of ether oxygens (including phenoxy) is 1. The highest BCUT2D eigenvalue weighted by Gasteiger charge is 2.24. The van der Waals surface area contributed by atoms with Crippen LogP contribution in [0.3, 0.4) is 0 Å². The zero-order chi connectivity index (χ0) is 33.1. The molecule has 0 fully saturated rings. The van der Waals surface area contributed by atoms with Crippen LogP contribution in [0.4, 0.5) is 0 Å². The summed E-state index contributed by atoms with van der Waals surface area (Å²) >= 11 is 18.4. The van der Waals surface area contributed by atoms with E-state index in [9.17, 15) is 19.3 Å². The summed E-state index contributed by atoms with van der Waals surface area (Å²) < 4.78 is 22.6. The minimum atomic E-state index is -4.10. The minimum absolute atomic E-state index is 0.0434. The molecule has 3 aromatic rings. The number of benzene rings is 2. The Balaban J connectivity index is 0.000000368. The third-order valence-corrected chi connectivity index (χ3v) is 6.91. The second-order valence-corrected chi connectivity index (χ2v) is 13.3. The molecule has 0 spiro atoms. The van der Waals surface area contributed by atoms with Gasteiger partial charge in [0.15, 0.2) is 0 Å². The fourth-order valence-corrected chi connectivity index (χ4v) is 4.69. The molecule has 0 radical (unpaired) electrons. The van der Waals surface area contributed by atoms with E-state index in [1.165, 1.54) is 12.1 Å². The number of aromatic hydroxyl groups is 1. The van der Waals surface area contributed by atoms with E-state index in [1.807, 2.05) is 26.8 Å². The van der Waals surface area contributed by atoms with Gasteiger partial charge in [-0.15, -0.1) is 11.5 Å². The van der Waals surface area contributed by atoms with Gasteiger partial charge < -0.3 is 29.2 Å². The van der Waals surface area contributed by atoms with Crippen LogP contribution in [0.5, 0.6) is 11.5 Å². The fraction of sp³-hybridized carbons (Fsp3) is 0.280. The molecule has 0 saturated heterocycles. The number of carbonyl (C=O) groups is 1. The first-order valence-corrected chi connectivity index (χ1v) is 15.7. The number of rotatable bonds is 7. The molecule has 2 aromatic carbocycles. The molecular weight excluding hydrogens is 762 g/mol. The molecule has 0 bridgehead atoms. The Labute approximate surface area is 272 Å². The van der Waals surface area contributed by atoms with Gasteiger partial charge in [-0.1, -0.05) is 49.9 Å². The maximum absolute atomic E-state index is 12.0. The Kier molecular flexibility index (Phi) is 15.0. The highest BCUT2D eigenvalue weighted by atomic mass is 79.9. The lowest BCUT2D eigenvalue weighted by atomic mass is 9.97. The average Bonchev–Trinajstić information content (AvgIpc) is 3.28. The second-order valence-electron chi connectivity index (χ2n) is 9.11. The zero-order valence-electron chi connectivity index (χ0n) is 22.6. The minimum Gasteiger partial charge on any atom is -0.506 e. The molecule has 13 nitrogen and oxygen atoms in total. The van der Waals surface area contributed by atoms with Gasteiger partial charge in [0.25, 0.3) is 0 Å². The van der Waals surface area contributed by atoms with Crippen molar-refractivity contribution >= 4 is 68.6 Å². The van der Waals surface area contributed by atoms with E-state index < -0.39 is 37.6 Å². The van der Waals surface area contributed by atoms with Crippen LogP contribution in [0.1, 0.15) is 32.2 Å². The van der Waals surface area contributed by atoms with Gasteiger partial charge in [-0.25, -0.2) is 4.79 Å². The van der Waals surface area contributed by atoms with Crippen molar-refractivity contribution in [3.8, 4) is 35.6 Å². The Morgan fingerprint density at radius 2 is 1.79 bits per heavy atom. The van der Waals surface area contributed by atoms with Crippen LogP contribution in [0.15, 0.2) is 42.4 Å². The van der Waals surface area contributed by atoms with Crippen molar-refractivity contribution in [2.45, 2.75) is 26.2 Å². The van der Waals surface area contributed by atoms with E-state index in [4.69, 9.17) is 58.9 Å². The molecule has 1 heterocycles. The molecule has 0 aliphatic carbocycles. The Hall–Kier alpha value is -2.85. The van der Waals surface area contributed by atoms with Crippen LogP contribution < -0.4 is 15.8 Å². The quantitative estimate of drug-likeness (QED) is 0.158. The van der Waals surface area contributed by atoms with Gasteiger partial charge in [-0.3, -0.25) is 14.7 Å². The van der Waals surface area contributed by atoms with E-state index >= 15 is 0 Å². The fourth-order valence-electron chi connectivity index (χ4n) is 2.58. The molecular formula is C25H25Br2Cl2N4O9P. The summed E-state index contributed by atoms with van der Waals surface area (Å²) in [6.45, 7) is 5.25. The van der Waals surface area contributed by atoms with Gasteiger partial charge in [-0.2, -0.15) is 9.94 Å². The Bertz CT molecular complexity index is 1610. The molecule has 0 atom stereocenters. The second kappa shape index (κ2) is 16.9. The van der Waals surface area contributed by atoms with Gasteiger partial charge in [0.1, 0.15) is 18.1 Å². The lowest BCUT2D eigenvalue weighted by Gasteiger charge is -2.11. The van der Waals surface area contributed by atoms with Gasteiger partial charge in [0.05, 0.1) is 49.1 Å². The van der Waals surface area contributed by atoms with Crippen molar-refractivity contribution in [1.82, 2.24) is 15.1 Å². The third-order valence-electron chi connectivity index (χ3n) is 4.47. The van der Waals surface area contributed by atoms with E-state index in [-0.39, 0.29) is 22.4 Å². The first-order chi connectivity index (χ1) is 19.8. The number of hydrogen-bond donors (Lipinski definition) is 5. The molecule has 43 heavy (non-hydrogen) atoms. The number of aliphatic carboxylic acids is 1. The number of halogens is 4. The molecule has 0 amide bonds. The number of aromatic nitrogens is 2. The van der Waals surface area contributed by atoms with Crippen molar-refractivity contribution < 1.29 is 38.5 Å². The summed E-state index contributed by atoms with van der Waals surface area (Å²) in [4.78, 5) is 38.2. The molecule has 0 aliphatic heterocycles. The normalized spacial score (nSPS) is 10.8. The number of nitrogens with one attached hydrogen (secondary N) is 1. The number of carboxylic acids is 1. The number of phenols is 1. The topological polar surface area (TPSA) is 208 Å². The molecule has 0 unspecified atom stereocenters.